The monoisotopic (exact) mass is 302 g/mol. The van der Waals surface area contributed by atoms with E-state index in [1.54, 1.807) is 6.92 Å². The molecule has 0 saturated heterocycles. The quantitative estimate of drug-likeness (QED) is 0.806. The first-order valence-electron chi connectivity index (χ1n) is 6.02. The van der Waals surface area contributed by atoms with E-state index in [2.05, 4.69) is 5.32 Å². The van der Waals surface area contributed by atoms with Crippen molar-refractivity contribution in [2.24, 2.45) is 0 Å². The van der Waals surface area contributed by atoms with Crippen molar-refractivity contribution in [1.82, 2.24) is 10.6 Å². The van der Waals surface area contributed by atoms with Gasteiger partial charge in [0, 0.05) is 14.2 Å². The molecule has 1 rings (SSSR count). The minimum Gasteiger partial charge on any atom is -0.354 e. The molecule has 3 amide bonds. The molecule has 0 saturated carbocycles. The fourth-order valence-corrected chi connectivity index (χ4v) is 1.70. The number of halogens is 2. The highest BCUT2D eigenvalue weighted by Crippen LogP contribution is 2.11. The smallest absolute Gasteiger partial charge is 0.322 e. The van der Waals surface area contributed by atoms with Crippen LogP contribution in [0.5, 0.6) is 0 Å². The van der Waals surface area contributed by atoms with E-state index >= 15 is 0 Å². The number of ether oxygens (including phenoxy) is 2. The van der Waals surface area contributed by atoms with Gasteiger partial charge in [-0.05, 0) is 19.1 Å². The molecule has 116 valence electrons. The third-order valence-corrected chi connectivity index (χ3v) is 2.65. The lowest BCUT2D eigenvalue weighted by molar-refractivity contribution is -0.117. The molecule has 0 fully saturated rings. The van der Waals surface area contributed by atoms with Crippen LogP contribution in [0.2, 0.25) is 0 Å². The Hall–Kier alpha value is -2.06. The number of imide groups is 1. The second-order valence-corrected chi connectivity index (χ2v) is 4.15. The van der Waals surface area contributed by atoms with Crippen molar-refractivity contribution in [3.63, 3.8) is 0 Å². The van der Waals surface area contributed by atoms with Gasteiger partial charge in [-0.25, -0.2) is 13.6 Å². The fraction of sp³-hybridized carbons (Fsp3) is 0.385. The molecule has 0 aromatic heterocycles. The zero-order valence-corrected chi connectivity index (χ0v) is 11.8. The van der Waals surface area contributed by atoms with E-state index in [4.69, 9.17) is 9.47 Å². The number of hydrogen-bond acceptors (Lipinski definition) is 4. The first kappa shape index (κ1) is 17.0. The molecular formula is C13H16F2N2O4. The van der Waals surface area contributed by atoms with E-state index in [0.29, 0.717) is 0 Å². The highest BCUT2D eigenvalue weighted by atomic mass is 19.1. The average Bonchev–Trinajstić information content (AvgIpc) is 2.39. The van der Waals surface area contributed by atoms with E-state index in [-0.39, 0.29) is 0 Å². The van der Waals surface area contributed by atoms with Crippen molar-refractivity contribution in [3.05, 3.63) is 35.4 Å². The Morgan fingerprint density at radius 1 is 1.14 bits per heavy atom. The van der Waals surface area contributed by atoms with Gasteiger partial charge in [0.2, 0.25) is 0 Å². The molecule has 6 nitrogen and oxygen atoms in total. The summed E-state index contributed by atoms with van der Waals surface area (Å²) < 4.78 is 36.6. The molecule has 0 unspecified atom stereocenters. The van der Waals surface area contributed by atoms with Gasteiger partial charge in [0.05, 0.1) is 6.04 Å². The lowest BCUT2D eigenvalue weighted by Crippen LogP contribution is -2.49. The minimum atomic E-state index is -1.18. The van der Waals surface area contributed by atoms with Crippen molar-refractivity contribution in [2.75, 3.05) is 14.2 Å². The summed E-state index contributed by atoms with van der Waals surface area (Å²) in [7, 11) is 2.76. The molecular weight excluding hydrogens is 286 g/mol. The minimum absolute atomic E-state index is 0.585. The molecule has 21 heavy (non-hydrogen) atoms. The Bertz CT molecular complexity index is 501. The number of benzene rings is 1. The zero-order chi connectivity index (χ0) is 16.0. The maximum atomic E-state index is 13.4. The number of rotatable bonds is 5. The van der Waals surface area contributed by atoms with Crippen molar-refractivity contribution in [2.45, 2.75) is 19.3 Å². The summed E-state index contributed by atoms with van der Waals surface area (Å²) in [5, 5.41) is 4.19. The molecule has 0 bridgehead atoms. The van der Waals surface area contributed by atoms with Gasteiger partial charge in [0.25, 0.3) is 5.91 Å². The summed E-state index contributed by atoms with van der Waals surface area (Å²) in [5.74, 6) is -3.29. The van der Waals surface area contributed by atoms with Gasteiger partial charge in [0.15, 0.2) is 6.29 Å². The first-order chi connectivity index (χ1) is 9.90. The molecule has 0 heterocycles. The maximum Gasteiger partial charge on any atom is 0.322 e. The predicted octanol–water partition coefficient (Wildman–Crippen LogP) is 1.41. The third-order valence-electron chi connectivity index (χ3n) is 2.65. The molecule has 0 aliphatic heterocycles. The average molecular weight is 302 g/mol. The van der Waals surface area contributed by atoms with Gasteiger partial charge in [-0.1, -0.05) is 6.07 Å². The first-order valence-corrected chi connectivity index (χ1v) is 6.02. The van der Waals surface area contributed by atoms with Gasteiger partial charge in [0.1, 0.15) is 17.2 Å². The Morgan fingerprint density at radius 3 is 2.14 bits per heavy atom. The van der Waals surface area contributed by atoms with Crippen molar-refractivity contribution < 1.29 is 27.8 Å². The summed E-state index contributed by atoms with van der Waals surface area (Å²) in [4.78, 5) is 23.3. The van der Waals surface area contributed by atoms with Crippen molar-refractivity contribution in [3.8, 4) is 0 Å². The second-order valence-electron chi connectivity index (χ2n) is 4.15. The Labute approximate surface area is 120 Å². The van der Waals surface area contributed by atoms with E-state index in [0.717, 1.165) is 18.2 Å². The van der Waals surface area contributed by atoms with Gasteiger partial charge < -0.3 is 14.8 Å². The molecule has 0 aliphatic carbocycles. The van der Waals surface area contributed by atoms with Crippen LogP contribution in [-0.2, 0) is 9.47 Å². The number of methoxy groups -OCH3 is 2. The van der Waals surface area contributed by atoms with E-state index in [1.807, 2.05) is 5.32 Å². The summed E-state index contributed by atoms with van der Waals surface area (Å²) in [6.07, 6.45) is -0.726. The van der Waals surface area contributed by atoms with E-state index in [9.17, 15) is 18.4 Å². The predicted molar refractivity (Wildman–Crippen MR) is 69.6 cm³/mol. The SMILES string of the molecule is COC(OC)[C@H](C)NC(=O)NC(=O)c1c(F)cccc1F. The summed E-state index contributed by atoms with van der Waals surface area (Å²) in [6, 6.07) is 1.45. The standard InChI is InChI=1S/C13H16F2N2O4/c1-7(12(20-2)21-3)16-13(19)17-11(18)10-8(14)5-4-6-9(10)15/h4-7,12H,1-3H3,(H2,16,17,18,19)/t7-/m0/s1. The lowest BCUT2D eigenvalue weighted by atomic mass is 10.2. The number of carbonyl (C=O) groups is 2. The maximum absolute atomic E-state index is 13.4. The molecule has 0 spiro atoms. The van der Waals surface area contributed by atoms with E-state index in [1.165, 1.54) is 14.2 Å². The highest BCUT2D eigenvalue weighted by molar-refractivity contribution is 6.04. The third kappa shape index (κ3) is 4.47. The molecule has 8 heteroatoms. The summed E-state index contributed by atoms with van der Waals surface area (Å²) in [6.45, 7) is 1.57. The normalized spacial score (nSPS) is 12.1. The summed E-state index contributed by atoms with van der Waals surface area (Å²) in [5.41, 5.74) is -0.824. The van der Waals surface area contributed by atoms with Crippen LogP contribution < -0.4 is 10.6 Å². The fourth-order valence-electron chi connectivity index (χ4n) is 1.70. The number of urea groups is 1. The number of nitrogens with one attached hydrogen (secondary N) is 2. The van der Waals surface area contributed by atoms with Gasteiger partial charge >= 0.3 is 6.03 Å². The van der Waals surface area contributed by atoms with Crippen molar-refractivity contribution in [1.29, 1.82) is 0 Å². The number of carbonyl (C=O) groups excluding carboxylic acids is 2. The van der Waals surface area contributed by atoms with E-state index < -0.39 is 41.5 Å². The van der Waals surface area contributed by atoms with Crippen molar-refractivity contribution >= 4 is 11.9 Å². The molecule has 1 aromatic rings. The Kier molecular flexibility index (Phi) is 6.19. The summed E-state index contributed by atoms with van der Waals surface area (Å²) >= 11 is 0. The van der Waals surface area contributed by atoms with Crippen LogP contribution in [0.3, 0.4) is 0 Å². The second kappa shape index (κ2) is 7.65. The van der Waals surface area contributed by atoms with Gasteiger partial charge in [-0.3, -0.25) is 10.1 Å². The van der Waals surface area contributed by atoms with Crippen LogP contribution in [-0.4, -0.2) is 38.5 Å². The van der Waals surface area contributed by atoms with Crippen LogP contribution in [0.1, 0.15) is 17.3 Å². The van der Waals surface area contributed by atoms with Crippen LogP contribution in [0.4, 0.5) is 13.6 Å². The number of hydrogen-bond donors (Lipinski definition) is 2. The van der Waals surface area contributed by atoms with Gasteiger partial charge in [-0.15, -0.1) is 0 Å². The van der Waals surface area contributed by atoms with Crippen LogP contribution >= 0.6 is 0 Å². The van der Waals surface area contributed by atoms with Crippen LogP contribution in [0.25, 0.3) is 0 Å². The zero-order valence-electron chi connectivity index (χ0n) is 11.8. The molecule has 2 N–H and O–H groups in total. The lowest BCUT2D eigenvalue weighted by Gasteiger charge is -2.22. The largest absolute Gasteiger partial charge is 0.354 e. The highest BCUT2D eigenvalue weighted by Gasteiger charge is 2.22. The Morgan fingerprint density at radius 2 is 1.67 bits per heavy atom. The van der Waals surface area contributed by atoms with Crippen LogP contribution in [0.15, 0.2) is 18.2 Å². The molecule has 0 radical (unpaired) electrons. The Balaban J connectivity index is 2.69. The molecule has 0 aliphatic rings. The van der Waals surface area contributed by atoms with Gasteiger partial charge in [-0.2, -0.15) is 0 Å². The van der Waals surface area contributed by atoms with Crippen LogP contribution in [0, 0.1) is 11.6 Å². The molecule has 1 atom stereocenters. The topological polar surface area (TPSA) is 76.7 Å². The number of amides is 3. The molecule has 1 aromatic carbocycles.